The lowest BCUT2D eigenvalue weighted by Gasteiger charge is -2.21. The number of fused-ring (bicyclic) bond motifs is 1. The molecule has 5 rings (SSSR count). The average molecular weight is 456 g/mol. The molecule has 0 radical (unpaired) electrons. The molecule has 1 N–H and O–H groups in total. The van der Waals surface area contributed by atoms with Crippen molar-refractivity contribution in [2.24, 2.45) is 5.92 Å². The van der Waals surface area contributed by atoms with Gasteiger partial charge in [-0.25, -0.2) is 15.0 Å². The lowest BCUT2D eigenvalue weighted by Crippen LogP contribution is -2.32. The van der Waals surface area contributed by atoms with Crippen molar-refractivity contribution in [3.8, 4) is 0 Å². The zero-order chi connectivity index (χ0) is 23.5. The molecule has 4 heterocycles. The van der Waals surface area contributed by atoms with Gasteiger partial charge in [-0.1, -0.05) is 6.07 Å². The monoisotopic (exact) mass is 455 g/mol. The fraction of sp³-hybridized carbons (Fsp3) is 0.346. The molecular formula is C26H29N7O. The first-order valence-corrected chi connectivity index (χ1v) is 11.8. The Morgan fingerprint density at radius 1 is 1.09 bits per heavy atom. The normalized spacial score (nSPS) is 16.4. The smallest absolute Gasteiger partial charge is 0.253 e. The zero-order valence-electron chi connectivity index (χ0n) is 19.6. The molecule has 1 atom stereocenters. The van der Waals surface area contributed by atoms with E-state index in [0.29, 0.717) is 17.4 Å². The Bertz CT molecular complexity index is 1300. The Morgan fingerprint density at radius 2 is 1.94 bits per heavy atom. The predicted octanol–water partition coefficient (Wildman–Crippen LogP) is 4.36. The summed E-state index contributed by atoms with van der Waals surface area (Å²) in [4.78, 5) is 33.0. The van der Waals surface area contributed by atoms with E-state index >= 15 is 0 Å². The highest BCUT2D eigenvalue weighted by molar-refractivity contribution is 5.95. The number of amides is 1. The molecule has 1 aliphatic heterocycles. The van der Waals surface area contributed by atoms with E-state index in [1.165, 1.54) is 0 Å². The van der Waals surface area contributed by atoms with Crippen molar-refractivity contribution in [2.75, 3.05) is 18.4 Å². The maximum atomic E-state index is 13.3. The number of likely N-dealkylation sites (tertiary alicyclic amines) is 1. The van der Waals surface area contributed by atoms with Crippen molar-refractivity contribution in [2.45, 2.75) is 39.5 Å². The Kier molecular flexibility index (Phi) is 6.20. The molecule has 1 aromatic carbocycles. The fourth-order valence-corrected chi connectivity index (χ4v) is 4.67. The van der Waals surface area contributed by atoms with Crippen molar-refractivity contribution >= 4 is 23.2 Å². The first kappa shape index (κ1) is 22.0. The number of hydrogen-bond donors (Lipinski definition) is 1. The van der Waals surface area contributed by atoms with Crippen LogP contribution in [0, 0.1) is 19.8 Å². The van der Waals surface area contributed by atoms with Gasteiger partial charge in [0.15, 0.2) is 5.65 Å². The molecule has 0 spiro atoms. The van der Waals surface area contributed by atoms with Gasteiger partial charge in [-0.05, 0) is 69.7 Å². The van der Waals surface area contributed by atoms with Crippen LogP contribution in [0.2, 0.25) is 0 Å². The third-order valence-corrected chi connectivity index (χ3v) is 6.31. The van der Waals surface area contributed by atoms with Crippen LogP contribution >= 0.6 is 0 Å². The van der Waals surface area contributed by atoms with Crippen LogP contribution in [-0.2, 0) is 6.42 Å². The van der Waals surface area contributed by atoms with Gasteiger partial charge in [0, 0.05) is 54.3 Å². The summed E-state index contributed by atoms with van der Waals surface area (Å²) in [7, 11) is 0. The molecule has 0 saturated carbocycles. The predicted molar refractivity (Wildman–Crippen MR) is 131 cm³/mol. The number of nitrogens with one attached hydrogen (secondary N) is 1. The highest BCUT2D eigenvalue weighted by atomic mass is 16.2. The van der Waals surface area contributed by atoms with Gasteiger partial charge in [0.2, 0.25) is 5.95 Å². The highest BCUT2D eigenvalue weighted by Crippen LogP contribution is 2.23. The summed E-state index contributed by atoms with van der Waals surface area (Å²) in [6.07, 6.45) is 11.6. The maximum absolute atomic E-state index is 13.3. The van der Waals surface area contributed by atoms with Gasteiger partial charge in [0.1, 0.15) is 0 Å². The first-order valence-electron chi connectivity index (χ1n) is 11.8. The summed E-state index contributed by atoms with van der Waals surface area (Å²) in [5, 5.41) is 3.23. The van der Waals surface area contributed by atoms with E-state index < -0.39 is 0 Å². The summed E-state index contributed by atoms with van der Waals surface area (Å²) >= 11 is 0. The van der Waals surface area contributed by atoms with Gasteiger partial charge < -0.3 is 14.6 Å². The molecule has 174 valence electrons. The minimum atomic E-state index is 0.0728. The number of rotatable bonds is 5. The molecule has 3 aromatic heterocycles. The summed E-state index contributed by atoms with van der Waals surface area (Å²) in [6.45, 7) is 5.42. The lowest BCUT2D eigenvalue weighted by atomic mass is 9.95. The second-order valence-electron chi connectivity index (χ2n) is 9.04. The van der Waals surface area contributed by atoms with Crippen LogP contribution in [0.1, 0.15) is 46.7 Å². The van der Waals surface area contributed by atoms with Crippen molar-refractivity contribution in [1.82, 2.24) is 29.2 Å². The number of aryl methyl sites for hydroxylation is 2. The summed E-state index contributed by atoms with van der Waals surface area (Å²) in [6, 6.07) is 9.53. The van der Waals surface area contributed by atoms with Crippen molar-refractivity contribution in [1.29, 1.82) is 0 Å². The molecule has 8 nitrogen and oxygen atoms in total. The van der Waals surface area contributed by atoms with E-state index in [1.807, 2.05) is 65.9 Å². The summed E-state index contributed by atoms with van der Waals surface area (Å²) < 4.78 is 2.01. The van der Waals surface area contributed by atoms with Crippen LogP contribution in [0.3, 0.4) is 0 Å². The Hall–Kier alpha value is -3.81. The van der Waals surface area contributed by atoms with E-state index in [2.05, 4.69) is 31.4 Å². The van der Waals surface area contributed by atoms with Crippen molar-refractivity contribution < 1.29 is 4.79 Å². The third kappa shape index (κ3) is 5.06. The molecule has 1 fully saturated rings. The Labute approximate surface area is 199 Å². The van der Waals surface area contributed by atoms with Gasteiger partial charge in [-0.15, -0.1) is 0 Å². The van der Waals surface area contributed by atoms with Gasteiger partial charge in [0.05, 0.1) is 11.9 Å². The molecule has 4 aromatic rings. The minimum Gasteiger partial charge on any atom is -0.339 e. The number of carbonyl (C=O) groups is 1. The van der Waals surface area contributed by atoms with E-state index in [1.54, 1.807) is 6.20 Å². The second-order valence-corrected chi connectivity index (χ2v) is 9.04. The van der Waals surface area contributed by atoms with Gasteiger partial charge >= 0.3 is 0 Å². The lowest BCUT2D eigenvalue weighted by molar-refractivity contribution is 0.0760. The summed E-state index contributed by atoms with van der Waals surface area (Å²) in [5.41, 5.74) is 5.23. The maximum Gasteiger partial charge on any atom is 0.253 e. The topological polar surface area (TPSA) is 88.3 Å². The van der Waals surface area contributed by atoms with Crippen LogP contribution in [0.4, 0.5) is 11.6 Å². The molecule has 34 heavy (non-hydrogen) atoms. The van der Waals surface area contributed by atoms with Gasteiger partial charge in [0.25, 0.3) is 5.91 Å². The molecular weight excluding hydrogens is 426 g/mol. The van der Waals surface area contributed by atoms with Crippen LogP contribution in [0.5, 0.6) is 0 Å². The van der Waals surface area contributed by atoms with Crippen LogP contribution < -0.4 is 5.32 Å². The first-order chi connectivity index (χ1) is 16.5. The summed E-state index contributed by atoms with van der Waals surface area (Å²) in [5.74, 6) is 1.13. The number of imidazole rings is 1. The van der Waals surface area contributed by atoms with E-state index in [4.69, 9.17) is 0 Å². The number of aromatic nitrogens is 5. The van der Waals surface area contributed by atoms with Crippen LogP contribution in [0.25, 0.3) is 5.65 Å². The molecule has 0 bridgehead atoms. The Morgan fingerprint density at radius 3 is 2.79 bits per heavy atom. The molecule has 0 aliphatic carbocycles. The standard InChI is InChI=1S/C26H29N7O/c1-18-13-19(2)30-26(29-18)31-22-7-3-6-21(15-22)25(34)32-10-4-5-20(8-11-32)14-23-17-33-12-9-27-24(33)16-28-23/h3,6-7,9,12-13,15-17,20H,4-5,8,10-11,14H2,1-2H3,(H,29,30,31)/t20-/m1/s1. The number of benzene rings is 1. The molecule has 1 aliphatic rings. The quantitative estimate of drug-likeness (QED) is 0.481. The number of carbonyl (C=O) groups excluding carboxylic acids is 1. The highest BCUT2D eigenvalue weighted by Gasteiger charge is 2.22. The fourth-order valence-electron chi connectivity index (χ4n) is 4.67. The van der Waals surface area contributed by atoms with Gasteiger partial charge in [-0.3, -0.25) is 9.78 Å². The second kappa shape index (κ2) is 9.59. The molecule has 1 amide bonds. The van der Waals surface area contributed by atoms with Crippen LogP contribution in [-0.4, -0.2) is 48.2 Å². The number of anilines is 2. The molecule has 1 saturated heterocycles. The number of nitrogens with zero attached hydrogens (tertiary/aromatic N) is 6. The SMILES string of the molecule is Cc1cc(C)nc(Nc2cccc(C(=O)N3CCC[C@@H](Cc4cn5ccnc5cn4)CC3)c2)n1. The van der Waals surface area contributed by atoms with Gasteiger partial charge in [-0.2, -0.15) is 0 Å². The van der Waals surface area contributed by atoms with E-state index in [0.717, 1.165) is 67.2 Å². The van der Waals surface area contributed by atoms with Crippen molar-refractivity contribution in [3.63, 3.8) is 0 Å². The van der Waals surface area contributed by atoms with E-state index in [-0.39, 0.29) is 5.91 Å². The average Bonchev–Trinajstić information content (AvgIpc) is 3.16. The third-order valence-electron chi connectivity index (χ3n) is 6.31. The molecule has 0 unspecified atom stereocenters. The molecule has 8 heteroatoms. The largest absolute Gasteiger partial charge is 0.339 e. The van der Waals surface area contributed by atoms with E-state index in [9.17, 15) is 4.79 Å². The van der Waals surface area contributed by atoms with Crippen molar-refractivity contribution in [3.05, 3.63) is 77.8 Å². The zero-order valence-corrected chi connectivity index (χ0v) is 19.6. The Balaban J connectivity index is 1.23. The van der Waals surface area contributed by atoms with Crippen LogP contribution in [0.15, 0.2) is 55.1 Å². The minimum absolute atomic E-state index is 0.0728. The number of hydrogen-bond acceptors (Lipinski definition) is 6.